The van der Waals surface area contributed by atoms with Crippen molar-refractivity contribution >= 4 is 27.5 Å². The molecule has 2 N–H and O–H groups in total. The molecule has 0 aliphatic carbocycles. The maximum atomic E-state index is 6.28. The third-order valence-corrected chi connectivity index (χ3v) is 4.62. The van der Waals surface area contributed by atoms with Crippen LogP contribution in [-0.2, 0) is 0 Å². The van der Waals surface area contributed by atoms with Gasteiger partial charge in [-0.05, 0) is 24.3 Å². The Kier molecular flexibility index (Phi) is 4.11. The zero-order chi connectivity index (χ0) is 15.0. The summed E-state index contributed by atoms with van der Waals surface area (Å²) in [5.74, 6) is 1.52. The lowest BCUT2D eigenvalue weighted by Gasteiger charge is -2.31. The van der Waals surface area contributed by atoms with E-state index >= 15 is 0 Å². The molecule has 3 rings (SSSR count). The first-order valence-electron chi connectivity index (χ1n) is 6.63. The number of benzene rings is 2. The van der Waals surface area contributed by atoms with Gasteiger partial charge in [-0.3, -0.25) is 0 Å². The second-order valence-corrected chi connectivity index (χ2v) is 6.31. The molecule has 1 unspecified atom stereocenters. The number of hydrogen-bond acceptors (Lipinski definition) is 3. The van der Waals surface area contributed by atoms with Gasteiger partial charge in [-0.2, -0.15) is 0 Å². The topological polar surface area (TPSA) is 44.5 Å². The van der Waals surface area contributed by atoms with Gasteiger partial charge in [0.1, 0.15) is 17.6 Å². The molecule has 2 atom stereocenters. The third-order valence-electron chi connectivity index (χ3n) is 3.66. The Morgan fingerprint density at radius 2 is 2.05 bits per heavy atom. The molecule has 0 saturated carbocycles. The fourth-order valence-electron chi connectivity index (χ4n) is 2.56. The Bertz CT molecular complexity index is 677. The Labute approximate surface area is 137 Å². The number of halogens is 2. The van der Waals surface area contributed by atoms with Crippen LogP contribution >= 0.6 is 27.5 Å². The number of nitrogens with two attached hydrogens (primary N) is 1. The Morgan fingerprint density at radius 1 is 1.24 bits per heavy atom. The minimum atomic E-state index is -0.132. The highest BCUT2D eigenvalue weighted by atomic mass is 79.9. The molecule has 1 heterocycles. The van der Waals surface area contributed by atoms with Crippen LogP contribution in [0.25, 0.3) is 0 Å². The lowest BCUT2D eigenvalue weighted by Crippen LogP contribution is -2.24. The summed E-state index contributed by atoms with van der Waals surface area (Å²) in [5, 5.41) is 0.682. The zero-order valence-electron chi connectivity index (χ0n) is 11.5. The first kappa shape index (κ1) is 14.7. The molecule has 0 spiro atoms. The van der Waals surface area contributed by atoms with Crippen LogP contribution in [0.1, 0.15) is 29.7 Å². The van der Waals surface area contributed by atoms with Gasteiger partial charge in [0.05, 0.1) is 7.11 Å². The molecule has 0 fully saturated rings. The van der Waals surface area contributed by atoms with E-state index in [1.54, 1.807) is 7.11 Å². The fraction of sp³-hybridized carbons (Fsp3) is 0.250. The molecule has 5 heteroatoms. The van der Waals surface area contributed by atoms with Gasteiger partial charge in [-0.25, -0.2) is 0 Å². The highest BCUT2D eigenvalue weighted by Crippen LogP contribution is 2.43. The van der Waals surface area contributed by atoms with Gasteiger partial charge in [0, 0.05) is 39.2 Å². The molecule has 1 aliphatic rings. The maximum absolute atomic E-state index is 6.28. The predicted octanol–water partition coefficient (Wildman–Crippen LogP) is 4.63. The van der Waals surface area contributed by atoms with Crippen LogP contribution in [0.3, 0.4) is 0 Å². The van der Waals surface area contributed by atoms with Crippen LogP contribution in [0.15, 0.2) is 40.9 Å². The Hall–Kier alpha value is -1.23. The van der Waals surface area contributed by atoms with Crippen molar-refractivity contribution in [2.45, 2.75) is 18.6 Å². The van der Waals surface area contributed by atoms with Crippen molar-refractivity contribution in [3.8, 4) is 11.5 Å². The number of hydrogen-bond donors (Lipinski definition) is 1. The average Bonchev–Trinajstić information content (AvgIpc) is 2.49. The molecule has 3 nitrogen and oxygen atoms in total. The normalized spacial score (nSPS) is 20.6. The summed E-state index contributed by atoms with van der Waals surface area (Å²) in [7, 11) is 1.63. The monoisotopic (exact) mass is 367 g/mol. The van der Waals surface area contributed by atoms with Crippen molar-refractivity contribution in [3.05, 3.63) is 57.0 Å². The van der Waals surface area contributed by atoms with Gasteiger partial charge in [-0.1, -0.05) is 33.6 Å². The second-order valence-electron chi connectivity index (χ2n) is 5.02. The molecule has 1 aliphatic heterocycles. The predicted molar refractivity (Wildman–Crippen MR) is 87.1 cm³/mol. The number of rotatable bonds is 2. The molecule has 0 bridgehead atoms. The largest absolute Gasteiger partial charge is 0.497 e. The van der Waals surface area contributed by atoms with Gasteiger partial charge in [-0.15, -0.1) is 0 Å². The molecule has 0 radical (unpaired) electrons. The minimum absolute atomic E-state index is 0.0736. The average molecular weight is 369 g/mol. The SMILES string of the molecule is COc1ccc2c(c1)OC(c1cc(Cl)ccc1Br)C[C@H]2N. The van der Waals surface area contributed by atoms with E-state index in [9.17, 15) is 0 Å². The van der Waals surface area contributed by atoms with E-state index in [0.29, 0.717) is 11.4 Å². The van der Waals surface area contributed by atoms with Crippen molar-refractivity contribution in [2.24, 2.45) is 5.73 Å². The molecule has 0 aromatic heterocycles. The number of methoxy groups -OCH3 is 1. The summed E-state index contributed by atoms with van der Waals surface area (Å²) in [6.07, 6.45) is 0.575. The lowest BCUT2D eigenvalue weighted by molar-refractivity contribution is 0.160. The Morgan fingerprint density at radius 3 is 2.81 bits per heavy atom. The second kappa shape index (κ2) is 5.87. The van der Waals surface area contributed by atoms with Gasteiger partial charge < -0.3 is 15.2 Å². The summed E-state index contributed by atoms with van der Waals surface area (Å²) in [6.45, 7) is 0. The van der Waals surface area contributed by atoms with Gasteiger partial charge in [0.2, 0.25) is 0 Å². The number of ether oxygens (including phenoxy) is 2. The van der Waals surface area contributed by atoms with Crippen molar-refractivity contribution in [1.82, 2.24) is 0 Å². The van der Waals surface area contributed by atoms with Crippen molar-refractivity contribution < 1.29 is 9.47 Å². The summed E-state index contributed by atoms with van der Waals surface area (Å²) >= 11 is 9.64. The first-order chi connectivity index (χ1) is 10.1. The van der Waals surface area contributed by atoms with Crippen LogP contribution in [0.5, 0.6) is 11.5 Å². The molecule has 21 heavy (non-hydrogen) atoms. The van der Waals surface area contributed by atoms with Gasteiger partial charge in [0.25, 0.3) is 0 Å². The third kappa shape index (κ3) is 2.89. The zero-order valence-corrected chi connectivity index (χ0v) is 13.8. The quantitative estimate of drug-likeness (QED) is 0.840. The standard InChI is InChI=1S/C16H15BrClNO2/c1-20-10-3-4-11-14(19)8-16(21-15(11)7-10)12-6-9(18)2-5-13(12)17/h2-7,14,16H,8,19H2,1H3/t14-,16?/m1/s1. The van der Waals surface area contributed by atoms with Crippen LogP contribution < -0.4 is 15.2 Å². The minimum Gasteiger partial charge on any atom is -0.497 e. The van der Waals surface area contributed by atoms with Crippen molar-refractivity contribution in [2.75, 3.05) is 7.11 Å². The van der Waals surface area contributed by atoms with E-state index in [1.165, 1.54) is 0 Å². The molecule has 0 saturated heterocycles. The van der Waals surface area contributed by atoms with Crippen LogP contribution in [0.2, 0.25) is 5.02 Å². The molecular weight excluding hydrogens is 354 g/mol. The number of fused-ring (bicyclic) bond motifs is 1. The molecule has 2 aromatic rings. The van der Waals surface area contributed by atoms with Gasteiger partial charge in [0.15, 0.2) is 0 Å². The summed E-state index contributed by atoms with van der Waals surface area (Å²) < 4.78 is 12.3. The summed E-state index contributed by atoms with van der Waals surface area (Å²) in [5.41, 5.74) is 8.30. The highest BCUT2D eigenvalue weighted by molar-refractivity contribution is 9.10. The highest BCUT2D eigenvalue weighted by Gasteiger charge is 2.28. The fourth-order valence-corrected chi connectivity index (χ4v) is 3.24. The van der Waals surface area contributed by atoms with Gasteiger partial charge >= 0.3 is 0 Å². The molecule has 0 amide bonds. The first-order valence-corrected chi connectivity index (χ1v) is 7.80. The molecule has 2 aromatic carbocycles. The van der Waals surface area contributed by atoms with Crippen LogP contribution in [0, 0.1) is 0 Å². The maximum Gasteiger partial charge on any atom is 0.128 e. The lowest BCUT2D eigenvalue weighted by atomic mass is 9.93. The Balaban J connectivity index is 1.98. The summed E-state index contributed by atoms with van der Waals surface area (Å²) in [6, 6.07) is 11.3. The van der Waals surface area contributed by atoms with Crippen LogP contribution in [-0.4, -0.2) is 7.11 Å². The van der Waals surface area contributed by atoms with E-state index in [1.807, 2.05) is 36.4 Å². The molecule has 110 valence electrons. The van der Waals surface area contributed by atoms with E-state index in [0.717, 1.165) is 27.1 Å². The van der Waals surface area contributed by atoms with E-state index < -0.39 is 0 Å². The van der Waals surface area contributed by atoms with E-state index in [4.69, 9.17) is 26.8 Å². The smallest absolute Gasteiger partial charge is 0.128 e. The summed E-state index contributed by atoms with van der Waals surface area (Å²) in [4.78, 5) is 0. The van der Waals surface area contributed by atoms with Crippen molar-refractivity contribution in [1.29, 1.82) is 0 Å². The van der Waals surface area contributed by atoms with E-state index in [-0.39, 0.29) is 12.1 Å². The molecular formula is C16H15BrClNO2. The van der Waals surface area contributed by atoms with E-state index in [2.05, 4.69) is 15.9 Å². The van der Waals surface area contributed by atoms with Crippen molar-refractivity contribution in [3.63, 3.8) is 0 Å². The van der Waals surface area contributed by atoms with Crippen LogP contribution in [0.4, 0.5) is 0 Å².